The molecule has 0 aliphatic rings. The predicted molar refractivity (Wildman–Crippen MR) is 94.4 cm³/mol. The molecular weight excluding hydrogens is 319 g/mol. The number of hydrogen-bond acceptors (Lipinski definition) is 3. The smallest absolute Gasteiger partial charge is 0.343 e. The van der Waals surface area contributed by atoms with Crippen molar-refractivity contribution < 1.29 is 18.7 Å². The van der Waals surface area contributed by atoms with Crippen LogP contribution in [0.4, 0.5) is 4.39 Å². The molecule has 0 amide bonds. The molecule has 0 aliphatic heterocycles. The fourth-order valence-corrected chi connectivity index (χ4v) is 2.38. The molecule has 0 saturated heterocycles. The van der Waals surface area contributed by atoms with Gasteiger partial charge in [-0.05, 0) is 66.6 Å². The zero-order chi connectivity index (χ0) is 17.6. The van der Waals surface area contributed by atoms with E-state index in [2.05, 4.69) is 0 Å². The van der Waals surface area contributed by atoms with Gasteiger partial charge in [0, 0.05) is 0 Å². The number of rotatable bonds is 5. The summed E-state index contributed by atoms with van der Waals surface area (Å²) >= 11 is 0. The van der Waals surface area contributed by atoms with Crippen LogP contribution in [0.25, 0.3) is 11.1 Å². The maximum Gasteiger partial charge on any atom is 0.343 e. The molecule has 0 aromatic heterocycles. The summed E-state index contributed by atoms with van der Waals surface area (Å²) in [7, 11) is 0. The van der Waals surface area contributed by atoms with Crippen molar-refractivity contribution in [3.63, 3.8) is 0 Å². The van der Waals surface area contributed by atoms with E-state index < -0.39 is 5.97 Å². The van der Waals surface area contributed by atoms with Gasteiger partial charge in [-0.25, -0.2) is 9.18 Å². The predicted octanol–water partition coefficient (Wildman–Crippen LogP) is 5.11. The number of halogens is 1. The zero-order valence-electron chi connectivity index (χ0n) is 13.7. The Morgan fingerprint density at radius 2 is 1.32 bits per heavy atom. The number of esters is 1. The first-order valence-corrected chi connectivity index (χ1v) is 7.97. The SMILES string of the molecule is CCOc1ccc(C(=O)Oc2ccc(-c3ccc(F)cc3)cc2)cc1. The van der Waals surface area contributed by atoms with Crippen molar-refractivity contribution in [1.82, 2.24) is 0 Å². The quantitative estimate of drug-likeness (QED) is 0.480. The Morgan fingerprint density at radius 1 is 0.800 bits per heavy atom. The van der Waals surface area contributed by atoms with Gasteiger partial charge in [-0.2, -0.15) is 0 Å². The van der Waals surface area contributed by atoms with Gasteiger partial charge in [0.15, 0.2) is 0 Å². The second kappa shape index (κ2) is 7.62. The van der Waals surface area contributed by atoms with E-state index in [1.54, 1.807) is 48.5 Å². The maximum absolute atomic E-state index is 13.0. The Morgan fingerprint density at radius 3 is 1.88 bits per heavy atom. The van der Waals surface area contributed by atoms with Gasteiger partial charge in [-0.15, -0.1) is 0 Å². The second-order valence-corrected chi connectivity index (χ2v) is 5.38. The van der Waals surface area contributed by atoms with E-state index in [4.69, 9.17) is 9.47 Å². The lowest BCUT2D eigenvalue weighted by molar-refractivity contribution is 0.0734. The molecule has 0 heterocycles. The molecule has 0 spiro atoms. The first-order valence-electron chi connectivity index (χ1n) is 7.97. The summed E-state index contributed by atoms with van der Waals surface area (Å²) in [6, 6.07) is 20.1. The van der Waals surface area contributed by atoms with Crippen molar-refractivity contribution in [2.45, 2.75) is 6.92 Å². The van der Waals surface area contributed by atoms with E-state index in [1.165, 1.54) is 12.1 Å². The minimum atomic E-state index is -0.433. The fraction of sp³-hybridized carbons (Fsp3) is 0.0952. The molecule has 126 valence electrons. The van der Waals surface area contributed by atoms with Crippen LogP contribution in [0.3, 0.4) is 0 Å². The Hall–Kier alpha value is -3.14. The van der Waals surface area contributed by atoms with Crippen molar-refractivity contribution in [2.75, 3.05) is 6.61 Å². The van der Waals surface area contributed by atoms with Gasteiger partial charge in [0.25, 0.3) is 0 Å². The van der Waals surface area contributed by atoms with Gasteiger partial charge in [0.1, 0.15) is 17.3 Å². The summed E-state index contributed by atoms with van der Waals surface area (Å²) in [5.41, 5.74) is 2.26. The molecule has 0 atom stereocenters. The highest BCUT2D eigenvalue weighted by Gasteiger charge is 2.09. The summed E-state index contributed by atoms with van der Waals surface area (Å²) in [5, 5.41) is 0. The first kappa shape index (κ1) is 16.7. The molecule has 0 N–H and O–H groups in total. The van der Waals surface area contributed by atoms with Gasteiger partial charge in [-0.1, -0.05) is 24.3 Å². The lowest BCUT2D eigenvalue weighted by Crippen LogP contribution is -2.08. The van der Waals surface area contributed by atoms with E-state index in [-0.39, 0.29) is 5.82 Å². The largest absolute Gasteiger partial charge is 0.494 e. The highest BCUT2D eigenvalue weighted by molar-refractivity contribution is 5.91. The normalized spacial score (nSPS) is 10.3. The molecule has 3 aromatic carbocycles. The Balaban J connectivity index is 1.68. The van der Waals surface area contributed by atoms with E-state index in [1.807, 2.05) is 19.1 Å². The third-order valence-electron chi connectivity index (χ3n) is 3.64. The van der Waals surface area contributed by atoms with E-state index in [0.717, 1.165) is 11.1 Å². The Labute approximate surface area is 145 Å². The van der Waals surface area contributed by atoms with Crippen LogP contribution in [0.15, 0.2) is 72.8 Å². The molecule has 3 aromatic rings. The summed E-state index contributed by atoms with van der Waals surface area (Å²) in [5.74, 6) is 0.453. The van der Waals surface area contributed by atoms with Crippen LogP contribution in [0.5, 0.6) is 11.5 Å². The second-order valence-electron chi connectivity index (χ2n) is 5.38. The van der Waals surface area contributed by atoms with Gasteiger partial charge >= 0.3 is 5.97 Å². The zero-order valence-corrected chi connectivity index (χ0v) is 13.7. The molecule has 0 fully saturated rings. The highest BCUT2D eigenvalue weighted by Crippen LogP contribution is 2.23. The highest BCUT2D eigenvalue weighted by atomic mass is 19.1. The lowest BCUT2D eigenvalue weighted by atomic mass is 10.1. The van der Waals surface area contributed by atoms with Crippen LogP contribution in [-0.4, -0.2) is 12.6 Å². The fourth-order valence-electron chi connectivity index (χ4n) is 2.38. The van der Waals surface area contributed by atoms with Crippen LogP contribution in [-0.2, 0) is 0 Å². The average molecular weight is 336 g/mol. The van der Waals surface area contributed by atoms with Crippen molar-refractivity contribution in [2.24, 2.45) is 0 Å². The van der Waals surface area contributed by atoms with E-state index in [0.29, 0.717) is 23.7 Å². The van der Waals surface area contributed by atoms with Crippen LogP contribution in [0.1, 0.15) is 17.3 Å². The Bertz CT molecular complexity index is 838. The third kappa shape index (κ3) is 4.23. The van der Waals surface area contributed by atoms with Gasteiger partial charge in [0.2, 0.25) is 0 Å². The average Bonchev–Trinajstić information content (AvgIpc) is 2.64. The molecule has 3 rings (SSSR count). The number of carbonyl (C=O) groups is 1. The van der Waals surface area contributed by atoms with Crippen molar-refractivity contribution >= 4 is 5.97 Å². The molecule has 0 unspecified atom stereocenters. The molecule has 0 saturated carbocycles. The van der Waals surface area contributed by atoms with Crippen LogP contribution < -0.4 is 9.47 Å². The summed E-state index contributed by atoms with van der Waals surface area (Å²) < 4.78 is 23.7. The van der Waals surface area contributed by atoms with Crippen LogP contribution >= 0.6 is 0 Å². The van der Waals surface area contributed by atoms with E-state index >= 15 is 0 Å². The van der Waals surface area contributed by atoms with Crippen molar-refractivity contribution in [3.05, 3.63) is 84.2 Å². The standard InChI is InChI=1S/C21H17FO3/c1-2-24-19-11-7-17(8-12-19)21(23)25-20-13-5-16(6-14-20)15-3-9-18(22)10-4-15/h3-14H,2H2,1H3. The minimum absolute atomic E-state index is 0.273. The van der Waals surface area contributed by atoms with Crippen LogP contribution in [0, 0.1) is 5.82 Å². The first-order chi connectivity index (χ1) is 12.2. The van der Waals surface area contributed by atoms with Crippen molar-refractivity contribution in [3.8, 4) is 22.6 Å². The van der Waals surface area contributed by atoms with Gasteiger partial charge < -0.3 is 9.47 Å². The van der Waals surface area contributed by atoms with Gasteiger partial charge in [0.05, 0.1) is 12.2 Å². The summed E-state index contributed by atoms with van der Waals surface area (Å²) in [6.07, 6.45) is 0. The van der Waals surface area contributed by atoms with Crippen molar-refractivity contribution in [1.29, 1.82) is 0 Å². The molecule has 25 heavy (non-hydrogen) atoms. The molecule has 4 heteroatoms. The maximum atomic E-state index is 13.0. The number of carbonyl (C=O) groups excluding carboxylic acids is 1. The lowest BCUT2D eigenvalue weighted by Gasteiger charge is -2.07. The van der Waals surface area contributed by atoms with Gasteiger partial charge in [-0.3, -0.25) is 0 Å². The Kier molecular flexibility index (Phi) is 5.09. The molecular formula is C21H17FO3. The van der Waals surface area contributed by atoms with E-state index in [9.17, 15) is 9.18 Å². The minimum Gasteiger partial charge on any atom is -0.494 e. The molecule has 0 radical (unpaired) electrons. The summed E-state index contributed by atoms with van der Waals surface area (Å²) in [6.45, 7) is 2.47. The summed E-state index contributed by atoms with van der Waals surface area (Å²) in [4.78, 5) is 12.2. The molecule has 3 nitrogen and oxygen atoms in total. The third-order valence-corrected chi connectivity index (χ3v) is 3.64. The van der Waals surface area contributed by atoms with Crippen LogP contribution in [0.2, 0.25) is 0 Å². The number of benzene rings is 3. The molecule has 0 aliphatic carbocycles. The number of hydrogen-bond donors (Lipinski definition) is 0. The monoisotopic (exact) mass is 336 g/mol. The number of ether oxygens (including phenoxy) is 2. The topological polar surface area (TPSA) is 35.5 Å². The molecule has 0 bridgehead atoms.